The van der Waals surface area contributed by atoms with Gasteiger partial charge in [0.1, 0.15) is 11.2 Å². The van der Waals surface area contributed by atoms with Gasteiger partial charge in [-0.1, -0.05) is 109 Å². The third-order valence-corrected chi connectivity index (χ3v) is 7.21. The highest BCUT2D eigenvalue weighted by Crippen LogP contribution is 2.40. The number of fused-ring (bicyclic) bond motifs is 3. The van der Waals surface area contributed by atoms with Gasteiger partial charge in [-0.15, -0.1) is 0 Å². The molecule has 0 spiro atoms. The van der Waals surface area contributed by atoms with Gasteiger partial charge in [-0.2, -0.15) is 5.26 Å². The molecule has 39 heavy (non-hydrogen) atoms. The van der Waals surface area contributed by atoms with Crippen LogP contribution in [0.3, 0.4) is 0 Å². The maximum absolute atomic E-state index is 9.17. The Hall–Kier alpha value is -5.46. The number of para-hydroxylation sites is 2. The molecule has 2 heterocycles. The standard InChI is InChI=1S/C36H22N2O/c37-22-24-12-14-26(15-13-24)30-8-4-10-32-33-11-5-9-31(36(33)39-35(30)32)27-18-16-25(17-19-27)29-20-21-34(38-23-29)28-6-2-1-3-7-28/h1-21,23H. The minimum absolute atomic E-state index is 0.643. The summed E-state index contributed by atoms with van der Waals surface area (Å²) in [6.07, 6.45) is 1.93. The number of furan rings is 1. The third kappa shape index (κ3) is 4.05. The lowest BCUT2D eigenvalue weighted by Gasteiger charge is -2.07. The van der Waals surface area contributed by atoms with Gasteiger partial charge < -0.3 is 4.42 Å². The van der Waals surface area contributed by atoms with Crippen LogP contribution in [-0.4, -0.2) is 4.98 Å². The lowest BCUT2D eigenvalue weighted by atomic mass is 9.98. The van der Waals surface area contributed by atoms with Crippen LogP contribution in [0.25, 0.3) is 66.6 Å². The molecule has 7 aromatic rings. The molecular weight excluding hydrogens is 476 g/mol. The topological polar surface area (TPSA) is 49.8 Å². The molecule has 5 aromatic carbocycles. The van der Waals surface area contributed by atoms with E-state index < -0.39 is 0 Å². The lowest BCUT2D eigenvalue weighted by molar-refractivity contribution is 0.671. The predicted octanol–water partition coefficient (Wildman–Crippen LogP) is 9.52. The molecule has 0 aliphatic carbocycles. The van der Waals surface area contributed by atoms with Crippen LogP contribution in [0.15, 0.2) is 138 Å². The van der Waals surface area contributed by atoms with Crippen molar-refractivity contribution in [2.24, 2.45) is 0 Å². The fourth-order valence-electron chi connectivity index (χ4n) is 5.19. The summed E-state index contributed by atoms with van der Waals surface area (Å²) in [6.45, 7) is 0. The van der Waals surface area contributed by atoms with Gasteiger partial charge in [-0.05, 0) is 34.9 Å². The first kappa shape index (κ1) is 22.7. The van der Waals surface area contributed by atoms with Crippen molar-refractivity contribution in [2.45, 2.75) is 0 Å². The molecular formula is C36H22N2O. The number of rotatable bonds is 4. The molecule has 0 atom stereocenters. The maximum atomic E-state index is 9.17. The number of hydrogen-bond donors (Lipinski definition) is 0. The molecule has 0 radical (unpaired) electrons. The number of nitriles is 1. The average molecular weight is 499 g/mol. The second-order valence-electron chi connectivity index (χ2n) is 9.53. The maximum Gasteiger partial charge on any atom is 0.143 e. The van der Waals surface area contributed by atoms with Crippen molar-refractivity contribution in [3.8, 4) is 50.7 Å². The quantitative estimate of drug-likeness (QED) is 0.243. The van der Waals surface area contributed by atoms with E-state index in [2.05, 4.69) is 96.0 Å². The van der Waals surface area contributed by atoms with Gasteiger partial charge in [0.05, 0.1) is 17.3 Å². The van der Waals surface area contributed by atoms with Gasteiger partial charge in [-0.25, -0.2) is 0 Å². The highest BCUT2D eigenvalue weighted by atomic mass is 16.3. The predicted molar refractivity (Wildman–Crippen MR) is 158 cm³/mol. The van der Waals surface area contributed by atoms with Crippen molar-refractivity contribution < 1.29 is 4.42 Å². The Bertz CT molecular complexity index is 1980. The van der Waals surface area contributed by atoms with Crippen molar-refractivity contribution in [3.63, 3.8) is 0 Å². The molecule has 0 saturated carbocycles. The highest BCUT2D eigenvalue weighted by Gasteiger charge is 2.15. The van der Waals surface area contributed by atoms with E-state index in [1.807, 2.05) is 48.7 Å². The van der Waals surface area contributed by atoms with E-state index in [0.29, 0.717) is 5.56 Å². The summed E-state index contributed by atoms with van der Waals surface area (Å²) in [6, 6.07) is 45.3. The molecule has 7 rings (SSSR count). The first-order valence-corrected chi connectivity index (χ1v) is 12.9. The number of hydrogen-bond acceptors (Lipinski definition) is 3. The molecule has 182 valence electrons. The van der Waals surface area contributed by atoms with Crippen LogP contribution in [0.4, 0.5) is 0 Å². The van der Waals surface area contributed by atoms with Crippen LogP contribution in [0.5, 0.6) is 0 Å². The molecule has 0 bridgehead atoms. The van der Waals surface area contributed by atoms with Crippen molar-refractivity contribution in [1.29, 1.82) is 5.26 Å². The Kier molecular flexibility index (Phi) is 5.50. The summed E-state index contributed by atoms with van der Waals surface area (Å²) >= 11 is 0. The first-order chi connectivity index (χ1) is 19.3. The molecule has 3 heteroatoms. The van der Waals surface area contributed by atoms with Gasteiger partial charge in [0, 0.05) is 39.2 Å². The van der Waals surface area contributed by atoms with E-state index in [-0.39, 0.29) is 0 Å². The molecule has 0 saturated heterocycles. The Balaban J connectivity index is 1.26. The van der Waals surface area contributed by atoms with E-state index in [1.54, 1.807) is 0 Å². The normalized spacial score (nSPS) is 11.1. The fourth-order valence-corrected chi connectivity index (χ4v) is 5.19. The smallest absolute Gasteiger partial charge is 0.143 e. The minimum Gasteiger partial charge on any atom is -0.455 e. The van der Waals surface area contributed by atoms with Crippen LogP contribution in [0.2, 0.25) is 0 Å². The van der Waals surface area contributed by atoms with Crippen LogP contribution in [0, 0.1) is 11.3 Å². The highest BCUT2D eigenvalue weighted by molar-refractivity contribution is 6.13. The summed E-state index contributed by atoms with van der Waals surface area (Å²) in [7, 11) is 0. The molecule has 0 unspecified atom stereocenters. The molecule has 0 amide bonds. The van der Waals surface area contributed by atoms with Gasteiger partial charge in [0.25, 0.3) is 0 Å². The average Bonchev–Trinajstić information content (AvgIpc) is 3.41. The largest absolute Gasteiger partial charge is 0.455 e. The molecule has 0 aliphatic heterocycles. The second kappa shape index (κ2) is 9.45. The number of nitrogens with zero attached hydrogens (tertiary/aromatic N) is 2. The summed E-state index contributed by atoms with van der Waals surface area (Å²) in [5.74, 6) is 0. The van der Waals surface area contributed by atoms with Crippen molar-refractivity contribution in [2.75, 3.05) is 0 Å². The fraction of sp³-hybridized carbons (Fsp3) is 0. The van der Waals surface area contributed by atoms with E-state index in [4.69, 9.17) is 9.68 Å². The van der Waals surface area contributed by atoms with Crippen molar-refractivity contribution in [1.82, 2.24) is 4.98 Å². The summed E-state index contributed by atoms with van der Waals surface area (Å²) in [4.78, 5) is 4.68. The molecule has 2 aromatic heterocycles. The van der Waals surface area contributed by atoms with Gasteiger partial charge in [0.15, 0.2) is 0 Å². The summed E-state index contributed by atoms with van der Waals surface area (Å²) in [5, 5.41) is 11.3. The Morgan fingerprint density at radius 1 is 0.487 bits per heavy atom. The van der Waals surface area contributed by atoms with Crippen molar-refractivity contribution >= 4 is 21.9 Å². The molecule has 0 aliphatic rings. The van der Waals surface area contributed by atoms with Crippen LogP contribution in [0.1, 0.15) is 5.56 Å². The number of aromatic nitrogens is 1. The van der Waals surface area contributed by atoms with E-state index >= 15 is 0 Å². The number of benzene rings is 5. The lowest BCUT2D eigenvalue weighted by Crippen LogP contribution is -1.85. The van der Waals surface area contributed by atoms with Crippen LogP contribution in [-0.2, 0) is 0 Å². The SMILES string of the molecule is N#Cc1ccc(-c2cccc3c2oc2c(-c4ccc(-c5ccc(-c6ccccc6)nc5)cc4)cccc23)cc1. The zero-order chi connectivity index (χ0) is 26.2. The van der Waals surface area contributed by atoms with Gasteiger partial charge >= 0.3 is 0 Å². The van der Waals surface area contributed by atoms with E-state index in [0.717, 1.165) is 66.6 Å². The monoisotopic (exact) mass is 498 g/mol. The minimum atomic E-state index is 0.643. The summed E-state index contributed by atoms with van der Waals surface area (Å²) < 4.78 is 6.58. The Labute approximate surface area is 226 Å². The van der Waals surface area contributed by atoms with E-state index in [1.165, 1.54) is 0 Å². The Morgan fingerprint density at radius 2 is 1.05 bits per heavy atom. The zero-order valence-electron chi connectivity index (χ0n) is 21.0. The second-order valence-corrected chi connectivity index (χ2v) is 9.53. The van der Waals surface area contributed by atoms with Gasteiger partial charge in [0.2, 0.25) is 0 Å². The zero-order valence-corrected chi connectivity index (χ0v) is 21.0. The first-order valence-electron chi connectivity index (χ1n) is 12.9. The molecule has 0 N–H and O–H groups in total. The van der Waals surface area contributed by atoms with Crippen molar-refractivity contribution in [3.05, 3.63) is 139 Å². The molecule has 3 nitrogen and oxygen atoms in total. The molecule has 0 fully saturated rings. The Morgan fingerprint density at radius 3 is 1.62 bits per heavy atom. The number of pyridine rings is 1. The summed E-state index contributed by atoms with van der Waals surface area (Å²) in [5.41, 5.74) is 10.8. The van der Waals surface area contributed by atoms with E-state index in [9.17, 15) is 0 Å². The third-order valence-electron chi connectivity index (χ3n) is 7.21. The van der Waals surface area contributed by atoms with Gasteiger partial charge in [-0.3, -0.25) is 4.98 Å². The van der Waals surface area contributed by atoms with Crippen LogP contribution >= 0.6 is 0 Å². The van der Waals surface area contributed by atoms with Crippen LogP contribution < -0.4 is 0 Å².